The topological polar surface area (TPSA) is 109 Å². The summed E-state index contributed by atoms with van der Waals surface area (Å²) < 4.78 is 10.7. The molecule has 3 saturated carbocycles. The quantitative estimate of drug-likeness (QED) is 0.216. The Labute approximate surface area is 283 Å². The second-order valence-corrected chi connectivity index (χ2v) is 14.9. The molecular weight excluding hydrogens is 614 g/mol. The lowest BCUT2D eigenvalue weighted by Gasteiger charge is -2.52. The third-order valence-electron chi connectivity index (χ3n) is 12.0. The van der Waals surface area contributed by atoms with Gasteiger partial charge in [-0.3, -0.25) is 9.59 Å². The van der Waals surface area contributed by atoms with Crippen LogP contribution in [0.3, 0.4) is 0 Å². The molecule has 3 aliphatic carbocycles. The van der Waals surface area contributed by atoms with Crippen LogP contribution in [0.25, 0.3) is 33.5 Å². The molecule has 3 unspecified atom stereocenters. The van der Waals surface area contributed by atoms with Crippen LogP contribution >= 0.6 is 0 Å². The van der Waals surface area contributed by atoms with Crippen molar-refractivity contribution >= 4 is 33.8 Å². The molecule has 10 nitrogen and oxygen atoms in total. The highest BCUT2D eigenvalue weighted by Gasteiger charge is 2.61. The van der Waals surface area contributed by atoms with Gasteiger partial charge in [0, 0.05) is 67.3 Å². The summed E-state index contributed by atoms with van der Waals surface area (Å²) in [5.41, 5.74) is 5.30. The number of ether oxygens (including phenoxy) is 1. The van der Waals surface area contributed by atoms with Gasteiger partial charge in [0.15, 0.2) is 5.82 Å². The number of benzene rings is 2. The molecule has 5 aromatic rings. The number of likely N-dealkylation sites (tertiary alicyclic amines) is 2. The Kier molecular flexibility index (Phi) is 6.27. The molecule has 10 rings (SSSR count). The molecule has 5 aliphatic rings. The van der Waals surface area contributed by atoms with E-state index in [2.05, 4.69) is 55.4 Å². The van der Waals surface area contributed by atoms with E-state index in [0.717, 1.165) is 48.0 Å². The molecule has 0 N–H and O–H groups in total. The Morgan fingerprint density at radius 1 is 0.939 bits per heavy atom. The Morgan fingerprint density at radius 2 is 1.78 bits per heavy atom. The number of nitrogens with zero attached hydrogens (tertiary/aromatic N) is 7. The number of aromatic nitrogens is 4. The lowest BCUT2D eigenvalue weighted by molar-refractivity contribution is -0.0204. The van der Waals surface area contributed by atoms with Crippen molar-refractivity contribution in [3.05, 3.63) is 77.6 Å². The average Bonchev–Trinajstić information content (AvgIpc) is 3.75. The van der Waals surface area contributed by atoms with E-state index in [0.29, 0.717) is 66.0 Å². The molecule has 49 heavy (non-hydrogen) atoms. The van der Waals surface area contributed by atoms with Gasteiger partial charge in [-0.15, -0.1) is 0 Å². The largest absolute Gasteiger partial charge is 0.494 e. The Balaban J connectivity index is 1.03. The van der Waals surface area contributed by atoms with Gasteiger partial charge in [0.1, 0.15) is 23.0 Å². The first-order valence-electron chi connectivity index (χ1n) is 17.6. The highest BCUT2D eigenvalue weighted by molar-refractivity contribution is 6.01. The lowest BCUT2D eigenvalue weighted by atomic mass is 9.53. The predicted octanol–water partition coefficient (Wildman–Crippen LogP) is 5.60. The van der Waals surface area contributed by atoms with Crippen molar-refractivity contribution in [1.29, 1.82) is 5.26 Å². The molecule has 5 fully saturated rings. The van der Waals surface area contributed by atoms with Crippen LogP contribution in [0.4, 0.5) is 0 Å². The maximum absolute atomic E-state index is 14.0. The predicted molar refractivity (Wildman–Crippen MR) is 183 cm³/mol. The number of hydrogen-bond acceptors (Lipinski definition) is 6. The Bertz CT molecular complexity index is 2220. The maximum Gasteiger partial charge on any atom is 0.272 e. The molecular formula is C39H37N7O3. The minimum atomic E-state index is -0.130. The van der Waals surface area contributed by atoms with E-state index in [4.69, 9.17) is 15.0 Å². The Hall–Kier alpha value is -5.17. The molecule has 2 saturated heterocycles. The summed E-state index contributed by atoms with van der Waals surface area (Å²) in [6.07, 6.45) is 6.32. The Morgan fingerprint density at radius 3 is 2.51 bits per heavy atom. The van der Waals surface area contributed by atoms with Crippen LogP contribution < -0.4 is 4.74 Å². The fourth-order valence-corrected chi connectivity index (χ4v) is 9.26. The van der Waals surface area contributed by atoms with Gasteiger partial charge in [-0.25, -0.2) is 9.97 Å². The van der Waals surface area contributed by atoms with Gasteiger partial charge in [0.2, 0.25) is 0 Å². The fraction of sp³-hybridized carbons (Fsp3) is 0.410. The van der Waals surface area contributed by atoms with Crippen LogP contribution in [-0.2, 0) is 13.1 Å². The zero-order chi connectivity index (χ0) is 33.0. The van der Waals surface area contributed by atoms with Gasteiger partial charge in [0.05, 0.1) is 23.9 Å². The third kappa shape index (κ3) is 4.44. The van der Waals surface area contributed by atoms with Crippen LogP contribution in [0.2, 0.25) is 0 Å². The van der Waals surface area contributed by atoms with Crippen molar-refractivity contribution in [2.24, 2.45) is 29.6 Å². The first-order chi connectivity index (χ1) is 24.0. The number of amides is 2. The summed E-state index contributed by atoms with van der Waals surface area (Å²) in [5.74, 6) is 4.50. The van der Waals surface area contributed by atoms with Crippen LogP contribution in [0, 0.1) is 40.9 Å². The summed E-state index contributed by atoms with van der Waals surface area (Å²) in [5, 5.41) is 10.3. The summed E-state index contributed by atoms with van der Waals surface area (Å²) in [7, 11) is 1.67. The van der Waals surface area contributed by atoms with E-state index in [-0.39, 0.29) is 17.7 Å². The minimum absolute atomic E-state index is 0.0848. The van der Waals surface area contributed by atoms with E-state index in [1.807, 2.05) is 17.0 Å². The van der Waals surface area contributed by atoms with Crippen molar-refractivity contribution in [3.8, 4) is 23.3 Å². The normalized spacial score (nSPS) is 23.9. The minimum Gasteiger partial charge on any atom is -0.494 e. The van der Waals surface area contributed by atoms with Crippen molar-refractivity contribution in [2.45, 2.75) is 44.8 Å². The van der Waals surface area contributed by atoms with Gasteiger partial charge in [-0.05, 0) is 85.8 Å². The number of para-hydroxylation sites is 1. The molecule has 0 radical (unpaired) electrons. The number of carbonyl (C=O) groups excluding carboxylic acids is 2. The van der Waals surface area contributed by atoms with Crippen LogP contribution in [0.1, 0.15) is 52.1 Å². The van der Waals surface area contributed by atoms with Gasteiger partial charge < -0.3 is 23.7 Å². The molecule has 2 aliphatic heterocycles. The lowest BCUT2D eigenvalue weighted by Crippen LogP contribution is -2.53. The summed E-state index contributed by atoms with van der Waals surface area (Å²) in [4.78, 5) is 40.7. The smallest absolute Gasteiger partial charge is 0.272 e. The molecule has 0 bridgehead atoms. The van der Waals surface area contributed by atoms with E-state index < -0.39 is 0 Å². The monoisotopic (exact) mass is 651 g/mol. The van der Waals surface area contributed by atoms with Crippen LogP contribution in [0.5, 0.6) is 5.75 Å². The number of rotatable bonds is 8. The van der Waals surface area contributed by atoms with E-state index in [1.165, 1.54) is 36.4 Å². The molecule has 2 aromatic carbocycles. The summed E-state index contributed by atoms with van der Waals surface area (Å²) >= 11 is 0. The van der Waals surface area contributed by atoms with E-state index >= 15 is 0 Å². The average molecular weight is 652 g/mol. The number of hydrogen-bond donors (Lipinski definition) is 0. The van der Waals surface area contributed by atoms with Gasteiger partial charge in [-0.1, -0.05) is 18.2 Å². The SMILES string of the molecule is COc1cc(C(=O)N2CC3CC4CC2[C@H]43)cc2nc(-c3cc4ccccc4n3CC3CC3)n(CC3CN(C(=O)c4ccc(C#N)cn4)C3)c12. The molecule has 3 aromatic heterocycles. The standard InChI is InChI=1S/C39H37N7O3/c1-49-34-14-27(38(47)45-21-28-10-26-13-32(45)35(26)28)11-30-36(34)46(20-24-17-43(18-24)39(48)29-9-8-23(15-40)16-41-29)37(42-30)33-12-25-4-2-3-5-31(25)44(33)19-22-6-7-22/h2-5,8-9,11-12,14,16,22,24,26,28,32,35H,6-7,10,13,17-21H2,1H3/t26?,28?,32?,35-/m1/s1. The molecule has 5 heterocycles. The highest BCUT2D eigenvalue weighted by Crippen LogP contribution is 2.60. The molecule has 2 amide bonds. The second-order valence-electron chi connectivity index (χ2n) is 14.9. The van der Waals surface area contributed by atoms with Crippen molar-refractivity contribution in [2.75, 3.05) is 26.7 Å². The zero-order valence-electron chi connectivity index (χ0n) is 27.5. The zero-order valence-corrected chi connectivity index (χ0v) is 27.5. The molecule has 10 heteroatoms. The number of methoxy groups -OCH3 is 1. The number of imidazole rings is 1. The number of pyridine rings is 1. The number of fused-ring (bicyclic) bond motifs is 2. The third-order valence-corrected chi connectivity index (χ3v) is 12.0. The first-order valence-corrected chi connectivity index (χ1v) is 17.6. The summed E-state index contributed by atoms with van der Waals surface area (Å²) in [6.45, 7) is 3.62. The summed E-state index contributed by atoms with van der Waals surface area (Å²) in [6, 6.07) is 20.3. The van der Waals surface area contributed by atoms with Crippen molar-refractivity contribution in [1.82, 2.24) is 28.9 Å². The molecule has 246 valence electrons. The van der Waals surface area contributed by atoms with Gasteiger partial charge >= 0.3 is 0 Å². The molecule has 0 spiro atoms. The van der Waals surface area contributed by atoms with Gasteiger partial charge in [0.25, 0.3) is 11.8 Å². The molecule has 4 atom stereocenters. The van der Waals surface area contributed by atoms with Crippen LogP contribution in [0.15, 0.2) is 60.8 Å². The van der Waals surface area contributed by atoms with E-state index in [9.17, 15) is 9.59 Å². The second kappa shape index (κ2) is 10.7. The number of nitriles is 1. The van der Waals surface area contributed by atoms with Crippen molar-refractivity contribution in [3.63, 3.8) is 0 Å². The van der Waals surface area contributed by atoms with Crippen molar-refractivity contribution < 1.29 is 14.3 Å². The van der Waals surface area contributed by atoms with Crippen LogP contribution in [-0.4, -0.2) is 73.5 Å². The van der Waals surface area contributed by atoms with E-state index in [1.54, 1.807) is 19.2 Å². The number of carbonyl (C=O) groups is 2. The fourth-order valence-electron chi connectivity index (χ4n) is 9.26. The highest BCUT2D eigenvalue weighted by atomic mass is 16.5. The van der Waals surface area contributed by atoms with Gasteiger partial charge in [-0.2, -0.15) is 5.26 Å². The maximum atomic E-state index is 14.0. The first kappa shape index (κ1) is 28.8.